The molecule has 0 spiro atoms. The van der Waals surface area contributed by atoms with Crippen LogP contribution in [0.3, 0.4) is 0 Å². The molecular formula is C9H8ClNO3. The number of nitrogens with two attached hydrogens (primary N) is 1. The number of amides is 1. The third kappa shape index (κ3) is 2.03. The van der Waals surface area contributed by atoms with E-state index in [1.54, 1.807) is 0 Å². The van der Waals surface area contributed by atoms with Crippen LogP contribution in [0, 0.1) is 0 Å². The van der Waals surface area contributed by atoms with Gasteiger partial charge in [-0.25, -0.2) is 4.79 Å². The molecule has 1 amide bonds. The van der Waals surface area contributed by atoms with Gasteiger partial charge in [-0.1, -0.05) is 11.6 Å². The SMILES string of the molecule is COC(=O)c1ccc(C(N)=O)cc1Cl. The van der Waals surface area contributed by atoms with Gasteiger partial charge in [0.2, 0.25) is 5.91 Å². The van der Waals surface area contributed by atoms with Crippen LogP contribution in [0.25, 0.3) is 0 Å². The molecule has 0 atom stereocenters. The number of methoxy groups -OCH3 is 1. The number of primary amides is 1. The molecule has 0 radical (unpaired) electrons. The summed E-state index contributed by atoms with van der Waals surface area (Å²) in [5.41, 5.74) is 5.49. The van der Waals surface area contributed by atoms with E-state index in [0.29, 0.717) is 0 Å². The second-order valence-corrected chi connectivity index (χ2v) is 2.96. The number of esters is 1. The Balaban J connectivity index is 3.14. The van der Waals surface area contributed by atoms with Gasteiger partial charge < -0.3 is 10.5 Å². The quantitative estimate of drug-likeness (QED) is 0.751. The molecule has 1 aromatic rings. The van der Waals surface area contributed by atoms with Crippen LogP contribution in [0.5, 0.6) is 0 Å². The topological polar surface area (TPSA) is 69.4 Å². The Labute approximate surface area is 85.6 Å². The number of carbonyl (C=O) groups is 2. The van der Waals surface area contributed by atoms with E-state index in [1.165, 1.54) is 25.3 Å². The Morgan fingerprint density at radius 3 is 2.50 bits per heavy atom. The summed E-state index contributed by atoms with van der Waals surface area (Å²) in [6, 6.07) is 4.14. The molecule has 0 aromatic heterocycles. The van der Waals surface area contributed by atoms with Crippen molar-refractivity contribution < 1.29 is 14.3 Å². The normalized spacial score (nSPS) is 9.57. The summed E-state index contributed by atoms with van der Waals surface area (Å²) in [4.78, 5) is 21.8. The van der Waals surface area contributed by atoms with Gasteiger partial charge in [-0.15, -0.1) is 0 Å². The number of hydrogen-bond acceptors (Lipinski definition) is 3. The van der Waals surface area contributed by atoms with Gasteiger partial charge >= 0.3 is 5.97 Å². The summed E-state index contributed by atoms with van der Waals surface area (Å²) >= 11 is 5.74. The van der Waals surface area contributed by atoms with Crippen molar-refractivity contribution in [1.82, 2.24) is 0 Å². The van der Waals surface area contributed by atoms with E-state index >= 15 is 0 Å². The Bertz CT molecular complexity index is 390. The maximum atomic E-state index is 11.1. The number of carbonyl (C=O) groups excluding carboxylic acids is 2. The lowest BCUT2D eigenvalue weighted by atomic mass is 10.1. The first-order chi connectivity index (χ1) is 6.56. The fraction of sp³-hybridized carbons (Fsp3) is 0.111. The molecule has 1 aromatic carbocycles. The number of benzene rings is 1. The molecule has 1 rings (SSSR count). The van der Waals surface area contributed by atoms with Gasteiger partial charge in [0.05, 0.1) is 17.7 Å². The van der Waals surface area contributed by atoms with Crippen LogP contribution in [-0.2, 0) is 4.74 Å². The van der Waals surface area contributed by atoms with E-state index in [2.05, 4.69) is 4.74 Å². The molecule has 4 nitrogen and oxygen atoms in total. The molecule has 0 fully saturated rings. The van der Waals surface area contributed by atoms with Gasteiger partial charge in [-0.3, -0.25) is 4.79 Å². The molecule has 5 heteroatoms. The Hall–Kier alpha value is -1.55. The third-order valence-corrected chi connectivity index (χ3v) is 1.97. The zero-order chi connectivity index (χ0) is 10.7. The molecule has 0 bridgehead atoms. The van der Waals surface area contributed by atoms with Gasteiger partial charge in [-0.2, -0.15) is 0 Å². The van der Waals surface area contributed by atoms with Gasteiger partial charge in [0.15, 0.2) is 0 Å². The average Bonchev–Trinajstić information content (AvgIpc) is 2.16. The summed E-state index contributed by atoms with van der Waals surface area (Å²) in [6.45, 7) is 0. The second-order valence-electron chi connectivity index (χ2n) is 2.55. The van der Waals surface area contributed by atoms with E-state index < -0.39 is 11.9 Å². The molecule has 0 saturated carbocycles. The van der Waals surface area contributed by atoms with Crippen molar-refractivity contribution in [3.63, 3.8) is 0 Å². The lowest BCUT2D eigenvalue weighted by Crippen LogP contribution is -2.11. The van der Waals surface area contributed by atoms with Crippen molar-refractivity contribution >= 4 is 23.5 Å². The molecule has 0 aliphatic carbocycles. The number of rotatable bonds is 2. The number of halogens is 1. The van der Waals surface area contributed by atoms with Gasteiger partial charge in [0.25, 0.3) is 0 Å². The predicted octanol–water partition coefficient (Wildman–Crippen LogP) is 1.23. The first kappa shape index (κ1) is 10.5. The van der Waals surface area contributed by atoms with Crippen molar-refractivity contribution in [2.45, 2.75) is 0 Å². The highest BCUT2D eigenvalue weighted by atomic mass is 35.5. The smallest absolute Gasteiger partial charge is 0.339 e. The van der Waals surface area contributed by atoms with Crippen LogP contribution in [0.2, 0.25) is 5.02 Å². The van der Waals surface area contributed by atoms with E-state index in [1.807, 2.05) is 0 Å². The maximum Gasteiger partial charge on any atom is 0.339 e. The Kier molecular flexibility index (Phi) is 3.09. The largest absolute Gasteiger partial charge is 0.465 e. The van der Waals surface area contributed by atoms with Crippen LogP contribution in [0.15, 0.2) is 18.2 Å². The zero-order valence-corrected chi connectivity index (χ0v) is 8.17. The summed E-state index contributed by atoms with van der Waals surface area (Å²) in [5.74, 6) is -1.14. The van der Waals surface area contributed by atoms with Crippen molar-refractivity contribution in [3.8, 4) is 0 Å². The minimum absolute atomic E-state index is 0.146. The summed E-state index contributed by atoms with van der Waals surface area (Å²) in [7, 11) is 1.25. The van der Waals surface area contributed by atoms with Crippen molar-refractivity contribution in [2.75, 3.05) is 7.11 Å². The molecular weight excluding hydrogens is 206 g/mol. The van der Waals surface area contributed by atoms with Crippen LogP contribution < -0.4 is 5.73 Å². The van der Waals surface area contributed by atoms with E-state index in [-0.39, 0.29) is 16.1 Å². The van der Waals surface area contributed by atoms with Crippen LogP contribution in [0.1, 0.15) is 20.7 Å². The van der Waals surface area contributed by atoms with Gasteiger partial charge in [0.1, 0.15) is 0 Å². The lowest BCUT2D eigenvalue weighted by Gasteiger charge is -2.02. The predicted molar refractivity (Wildman–Crippen MR) is 51.3 cm³/mol. The molecule has 2 N–H and O–H groups in total. The van der Waals surface area contributed by atoms with E-state index in [0.717, 1.165) is 0 Å². The minimum Gasteiger partial charge on any atom is -0.465 e. The third-order valence-electron chi connectivity index (χ3n) is 1.66. The van der Waals surface area contributed by atoms with E-state index in [9.17, 15) is 9.59 Å². The zero-order valence-electron chi connectivity index (χ0n) is 7.41. The molecule has 0 unspecified atom stereocenters. The van der Waals surface area contributed by atoms with Crippen LogP contribution in [-0.4, -0.2) is 19.0 Å². The Morgan fingerprint density at radius 1 is 1.43 bits per heavy atom. The number of hydrogen-bond donors (Lipinski definition) is 1. The highest BCUT2D eigenvalue weighted by Crippen LogP contribution is 2.18. The summed E-state index contributed by atoms with van der Waals surface area (Å²) < 4.78 is 4.48. The maximum absolute atomic E-state index is 11.1. The minimum atomic E-state index is -0.594. The summed E-state index contributed by atoms with van der Waals surface area (Å²) in [5, 5.41) is 0.146. The van der Waals surface area contributed by atoms with Crippen molar-refractivity contribution in [3.05, 3.63) is 34.3 Å². The highest BCUT2D eigenvalue weighted by molar-refractivity contribution is 6.34. The van der Waals surface area contributed by atoms with Crippen LogP contribution in [0.4, 0.5) is 0 Å². The second kappa shape index (κ2) is 4.11. The standard InChI is InChI=1S/C9H8ClNO3/c1-14-9(13)6-3-2-5(8(11)12)4-7(6)10/h2-4H,1H3,(H2,11,12). The molecule has 0 heterocycles. The number of ether oxygens (including phenoxy) is 1. The molecule has 0 aliphatic rings. The molecule has 14 heavy (non-hydrogen) atoms. The molecule has 0 aliphatic heterocycles. The first-order valence-electron chi connectivity index (χ1n) is 3.74. The molecule has 0 saturated heterocycles. The van der Waals surface area contributed by atoms with Gasteiger partial charge in [0, 0.05) is 5.56 Å². The fourth-order valence-electron chi connectivity index (χ4n) is 0.944. The Morgan fingerprint density at radius 2 is 2.07 bits per heavy atom. The average molecular weight is 214 g/mol. The summed E-state index contributed by atoms with van der Waals surface area (Å²) in [6.07, 6.45) is 0. The first-order valence-corrected chi connectivity index (χ1v) is 4.11. The van der Waals surface area contributed by atoms with Gasteiger partial charge in [-0.05, 0) is 18.2 Å². The fourth-order valence-corrected chi connectivity index (χ4v) is 1.20. The van der Waals surface area contributed by atoms with Crippen molar-refractivity contribution in [1.29, 1.82) is 0 Å². The lowest BCUT2D eigenvalue weighted by molar-refractivity contribution is 0.0600. The van der Waals surface area contributed by atoms with E-state index in [4.69, 9.17) is 17.3 Å². The monoisotopic (exact) mass is 213 g/mol. The molecule has 74 valence electrons. The van der Waals surface area contributed by atoms with Crippen molar-refractivity contribution in [2.24, 2.45) is 5.73 Å². The highest BCUT2D eigenvalue weighted by Gasteiger charge is 2.12. The van der Waals surface area contributed by atoms with Crippen LogP contribution >= 0.6 is 11.6 Å².